The molecule has 0 saturated carbocycles. The standard InChI is InChI=1S/C16H17N3O8/c1-8-5-9(2)14(10(3)6-8)27-16-12(18(22)23)7-11(17(20)21)15(26-4)13(16)19(24)25/h5-6,13H,7H2,1-4H3. The van der Waals surface area contributed by atoms with Crippen molar-refractivity contribution < 1.29 is 24.2 Å². The van der Waals surface area contributed by atoms with Gasteiger partial charge in [0, 0.05) is 4.92 Å². The van der Waals surface area contributed by atoms with Crippen LogP contribution in [0.3, 0.4) is 0 Å². The van der Waals surface area contributed by atoms with Crippen LogP contribution < -0.4 is 4.74 Å². The Morgan fingerprint density at radius 2 is 1.41 bits per heavy atom. The van der Waals surface area contributed by atoms with Gasteiger partial charge in [-0.3, -0.25) is 30.3 Å². The highest BCUT2D eigenvalue weighted by Gasteiger charge is 2.51. The molecule has 1 aliphatic carbocycles. The highest BCUT2D eigenvalue weighted by Crippen LogP contribution is 2.36. The molecule has 0 aliphatic heterocycles. The molecule has 0 fully saturated rings. The molecule has 0 heterocycles. The van der Waals surface area contributed by atoms with Gasteiger partial charge in [-0.1, -0.05) is 17.7 Å². The van der Waals surface area contributed by atoms with Gasteiger partial charge in [-0.05, 0) is 31.9 Å². The summed E-state index contributed by atoms with van der Waals surface area (Å²) in [6, 6.07) is 1.52. The first kappa shape index (κ1) is 19.8. The van der Waals surface area contributed by atoms with Crippen LogP contribution in [0.25, 0.3) is 0 Å². The van der Waals surface area contributed by atoms with Crippen molar-refractivity contribution >= 4 is 0 Å². The summed E-state index contributed by atoms with van der Waals surface area (Å²) in [5.74, 6) is -0.961. The zero-order valence-corrected chi connectivity index (χ0v) is 15.0. The first-order chi connectivity index (χ1) is 12.6. The fraction of sp³-hybridized carbons (Fsp3) is 0.375. The highest BCUT2D eigenvalue weighted by atomic mass is 16.7. The summed E-state index contributed by atoms with van der Waals surface area (Å²) in [4.78, 5) is 31.6. The van der Waals surface area contributed by atoms with E-state index >= 15 is 0 Å². The predicted molar refractivity (Wildman–Crippen MR) is 91.7 cm³/mol. The number of methoxy groups -OCH3 is 1. The van der Waals surface area contributed by atoms with E-state index in [1.807, 2.05) is 6.92 Å². The molecule has 11 heteroatoms. The SMILES string of the molecule is COC1=C([N+](=O)[O-])CC([N+](=O)[O-])=C(Oc2c(C)cc(C)cc2C)C1[N+](=O)[O-]. The summed E-state index contributed by atoms with van der Waals surface area (Å²) in [6.45, 7) is 5.24. The van der Waals surface area contributed by atoms with E-state index in [1.165, 1.54) is 0 Å². The van der Waals surface area contributed by atoms with Crippen molar-refractivity contribution in [1.82, 2.24) is 0 Å². The van der Waals surface area contributed by atoms with E-state index in [2.05, 4.69) is 0 Å². The second kappa shape index (κ2) is 7.40. The van der Waals surface area contributed by atoms with Crippen LogP contribution in [-0.2, 0) is 4.74 Å². The minimum atomic E-state index is -2.00. The minimum Gasteiger partial charge on any atom is -0.489 e. The molecule has 1 unspecified atom stereocenters. The third-order valence-corrected chi connectivity index (χ3v) is 4.09. The Hall–Kier alpha value is -3.50. The van der Waals surface area contributed by atoms with Crippen molar-refractivity contribution in [2.75, 3.05) is 7.11 Å². The Morgan fingerprint density at radius 3 is 1.81 bits per heavy atom. The first-order valence-corrected chi connectivity index (χ1v) is 7.76. The summed E-state index contributed by atoms with van der Waals surface area (Å²) >= 11 is 0. The van der Waals surface area contributed by atoms with Crippen molar-refractivity contribution in [3.63, 3.8) is 0 Å². The van der Waals surface area contributed by atoms with Gasteiger partial charge in [-0.15, -0.1) is 0 Å². The van der Waals surface area contributed by atoms with Crippen LogP contribution >= 0.6 is 0 Å². The van der Waals surface area contributed by atoms with Gasteiger partial charge in [0.15, 0.2) is 0 Å². The summed E-state index contributed by atoms with van der Waals surface area (Å²) in [6.07, 6.45) is -0.757. The van der Waals surface area contributed by atoms with E-state index in [-0.39, 0.29) is 5.75 Å². The Morgan fingerprint density at radius 1 is 0.926 bits per heavy atom. The summed E-state index contributed by atoms with van der Waals surface area (Å²) in [7, 11) is 1.03. The molecule has 1 aromatic rings. The van der Waals surface area contributed by atoms with Crippen molar-refractivity contribution in [2.24, 2.45) is 0 Å². The molecule has 1 aromatic carbocycles. The second-order valence-corrected chi connectivity index (χ2v) is 6.03. The largest absolute Gasteiger partial charge is 0.489 e. The van der Waals surface area contributed by atoms with Gasteiger partial charge < -0.3 is 9.47 Å². The Labute approximate surface area is 153 Å². The third kappa shape index (κ3) is 3.71. The lowest BCUT2D eigenvalue weighted by atomic mass is 10.00. The molecule has 0 aromatic heterocycles. The number of ether oxygens (including phenoxy) is 2. The van der Waals surface area contributed by atoms with Gasteiger partial charge >= 0.3 is 17.4 Å². The van der Waals surface area contributed by atoms with Crippen LogP contribution in [0.15, 0.2) is 35.0 Å². The van der Waals surface area contributed by atoms with Gasteiger partial charge in [0.25, 0.3) is 11.5 Å². The number of nitrogens with zero attached hydrogens (tertiary/aromatic N) is 3. The lowest BCUT2D eigenvalue weighted by Gasteiger charge is -2.21. The molecule has 11 nitrogen and oxygen atoms in total. The van der Waals surface area contributed by atoms with Gasteiger partial charge in [-0.2, -0.15) is 0 Å². The average molecular weight is 379 g/mol. The molecule has 0 radical (unpaired) electrons. The summed E-state index contributed by atoms with van der Waals surface area (Å²) in [5.41, 5.74) is 0.670. The van der Waals surface area contributed by atoms with Crippen molar-refractivity contribution in [1.29, 1.82) is 0 Å². The molecule has 0 amide bonds. The molecule has 0 spiro atoms. The van der Waals surface area contributed by atoms with E-state index < -0.39 is 50.1 Å². The minimum absolute atomic E-state index is 0.224. The van der Waals surface area contributed by atoms with Crippen molar-refractivity contribution in [2.45, 2.75) is 33.2 Å². The third-order valence-electron chi connectivity index (χ3n) is 4.09. The quantitative estimate of drug-likeness (QED) is 0.541. The average Bonchev–Trinajstić information content (AvgIpc) is 2.55. The number of hydrogen-bond acceptors (Lipinski definition) is 8. The Balaban J connectivity index is 2.69. The van der Waals surface area contributed by atoms with Crippen LogP contribution in [0.5, 0.6) is 5.75 Å². The zero-order chi connectivity index (χ0) is 20.5. The van der Waals surface area contributed by atoms with Gasteiger partial charge in [0.05, 0.1) is 17.0 Å². The number of aryl methyl sites for hydroxylation is 3. The summed E-state index contributed by atoms with van der Waals surface area (Å²) in [5, 5.41) is 34.3. The summed E-state index contributed by atoms with van der Waals surface area (Å²) < 4.78 is 10.5. The molecule has 1 aliphatic rings. The first-order valence-electron chi connectivity index (χ1n) is 7.76. The Bertz CT molecular complexity index is 880. The molecular weight excluding hydrogens is 362 g/mol. The fourth-order valence-corrected chi connectivity index (χ4v) is 3.05. The number of hydrogen-bond donors (Lipinski definition) is 0. The van der Waals surface area contributed by atoms with Crippen LogP contribution in [0.4, 0.5) is 0 Å². The highest BCUT2D eigenvalue weighted by molar-refractivity contribution is 5.45. The van der Waals surface area contributed by atoms with Crippen LogP contribution in [-0.4, -0.2) is 27.9 Å². The maximum atomic E-state index is 11.6. The van der Waals surface area contributed by atoms with E-state index in [9.17, 15) is 30.3 Å². The van der Waals surface area contributed by atoms with E-state index in [0.717, 1.165) is 12.7 Å². The lowest BCUT2D eigenvalue weighted by Crippen LogP contribution is -2.36. The molecular formula is C16H17N3O8. The van der Waals surface area contributed by atoms with Gasteiger partial charge in [0.1, 0.15) is 12.2 Å². The molecule has 0 bridgehead atoms. The normalized spacial score (nSPS) is 17.0. The number of benzene rings is 1. The fourth-order valence-electron chi connectivity index (χ4n) is 3.05. The molecule has 27 heavy (non-hydrogen) atoms. The predicted octanol–water partition coefficient (Wildman–Crippen LogP) is 2.66. The van der Waals surface area contributed by atoms with Gasteiger partial charge in [-0.25, -0.2) is 0 Å². The lowest BCUT2D eigenvalue weighted by molar-refractivity contribution is -0.522. The Kier molecular flexibility index (Phi) is 5.43. The van der Waals surface area contributed by atoms with Crippen LogP contribution in [0.1, 0.15) is 23.1 Å². The van der Waals surface area contributed by atoms with Crippen molar-refractivity contribution in [3.8, 4) is 5.75 Å². The molecule has 1 atom stereocenters. The topological polar surface area (TPSA) is 148 Å². The van der Waals surface area contributed by atoms with Gasteiger partial charge in [0.2, 0.25) is 0 Å². The van der Waals surface area contributed by atoms with Crippen molar-refractivity contribution in [3.05, 3.63) is 82.1 Å². The zero-order valence-electron chi connectivity index (χ0n) is 15.0. The van der Waals surface area contributed by atoms with E-state index in [1.54, 1.807) is 26.0 Å². The van der Waals surface area contributed by atoms with E-state index in [0.29, 0.717) is 11.1 Å². The second-order valence-electron chi connectivity index (χ2n) is 6.03. The smallest absolute Gasteiger partial charge is 0.338 e. The maximum absolute atomic E-state index is 11.6. The van der Waals surface area contributed by atoms with Crippen LogP contribution in [0.2, 0.25) is 0 Å². The maximum Gasteiger partial charge on any atom is 0.338 e. The van der Waals surface area contributed by atoms with Crippen LogP contribution in [0, 0.1) is 51.1 Å². The molecule has 0 N–H and O–H groups in total. The molecule has 144 valence electrons. The molecule has 2 rings (SSSR count). The van der Waals surface area contributed by atoms with E-state index in [4.69, 9.17) is 9.47 Å². The monoisotopic (exact) mass is 379 g/mol. The number of nitro groups is 3. The molecule has 0 saturated heterocycles. The number of rotatable bonds is 6.